The Kier molecular flexibility index (Phi) is 32.4. The van der Waals surface area contributed by atoms with Crippen LogP contribution in [0.2, 0.25) is 0 Å². The third kappa shape index (κ3) is 23.6. The van der Waals surface area contributed by atoms with Crippen LogP contribution in [-0.4, -0.2) is 140 Å². The highest BCUT2D eigenvalue weighted by Crippen LogP contribution is 2.30. The van der Waals surface area contributed by atoms with Gasteiger partial charge in [-0.2, -0.15) is 0 Å². The lowest BCUT2D eigenvalue weighted by Gasteiger charge is -2.46. The average molecular weight is 896 g/mol. The Labute approximate surface area is 377 Å². The minimum absolute atomic E-state index is 0.228. The highest BCUT2D eigenvalue weighted by atomic mass is 16.7. The highest BCUT2D eigenvalue weighted by molar-refractivity contribution is 5.76. The molecule has 0 radical (unpaired) electrons. The number of unbranched alkanes of at least 4 members (excludes halogenated alkanes) is 12. The highest BCUT2D eigenvalue weighted by Gasteiger charge is 2.51. The largest absolute Gasteiger partial charge is 0.394 e. The average Bonchev–Trinajstić information content (AvgIpc) is 3.28. The molecule has 14 heteroatoms. The van der Waals surface area contributed by atoms with Gasteiger partial charge in [0.25, 0.3) is 0 Å². The molecule has 9 N–H and O–H groups in total. The molecule has 0 aromatic rings. The Morgan fingerprint density at radius 1 is 0.587 bits per heavy atom. The summed E-state index contributed by atoms with van der Waals surface area (Å²) < 4.78 is 22.6. The molecule has 1 amide bonds. The third-order valence-corrected chi connectivity index (χ3v) is 11.5. The number of carbonyl (C=O) groups excluding carboxylic acids is 1. The number of carbonyl (C=O) groups is 1. The molecule has 2 rings (SSSR count). The van der Waals surface area contributed by atoms with E-state index in [0.717, 1.165) is 109 Å². The summed E-state index contributed by atoms with van der Waals surface area (Å²) in [7, 11) is 0. The van der Waals surface area contributed by atoms with Gasteiger partial charge in [0.15, 0.2) is 12.6 Å². The van der Waals surface area contributed by atoms with E-state index in [9.17, 15) is 45.6 Å². The van der Waals surface area contributed by atoms with Gasteiger partial charge in [-0.25, -0.2) is 0 Å². The number of hydrogen-bond acceptors (Lipinski definition) is 13. The van der Waals surface area contributed by atoms with Gasteiger partial charge in [-0.3, -0.25) is 4.79 Å². The van der Waals surface area contributed by atoms with Crippen LogP contribution in [0, 0.1) is 0 Å². The van der Waals surface area contributed by atoms with Crippen molar-refractivity contribution in [1.29, 1.82) is 0 Å². The van der Waals surface area contributed by atoms with Crippen LogP contribution < -0.4 is 5.32 Å². The molecule has 0 aromatic heterocycles. The van der Waals surface area contributed by atoms with Crippen molar-refractivity contribution in [1.82, 2.24) is 5.32 Å². The number of aliphatic hydroxyl groups is 8. The SMILES string of the molecule is CC/C=C\C/C=C\C/C=C\C/C=C\C/C=C\CCCCCCCCCC(=O)NC(COC1OC(CO)C(OC2OC(CO)C(O)C(O)C2O)C(O)C1O)C(O)CCCCCCCC. The molecule has 0 saturated carbocycles. The molecule has 2 aliphatic heterocycles. The molecule has 2 fully saturated rings. The lowest BCUT2D eigenvalue weighted by Crippen LogP contribution is -2.65. The monoisotopic (exact) mass is 896 g/mol. The number of allylic oxidation sites excluding steroid dienone is 10. The van der Waals surface area contributed by atoms with Crippen LogP contribution in [0.4, 0.5) is 0 Å². The summed E-state index contributed by atoms with van der Waals surface area (Å²) in [5, 5.41) is 86.4. The van der Waals surface area contributed by atoms with Gasteiger partial charge in [0.05, 0.1) is 32.0 Å². The first-order valence-electron chi connectivity index (χ1n) is 24.0. The molecule has 63 heavy (non-hydrogen) atoms. The van der Waals surface area contributed by atoms with Gasteiger partial charge < -0.3 is 65.1 Å². The van der Waals surface area contributed by atoms with Crippen LogP contribution in [0.15, 0.2) is 60.8 Å². The number of aliphatic hydroxyl groups excluding tert-OH is 8. The molecule has 0 bridgehead atoms. The smallest absolute Gasteiger partial charge is 0.220 e. The molecule has 0 spiro atoms. The molecule has 2 aliphatic rings. The van der Waals surface area contributed by atoms with Gasteiger partial charge in [-0.05, 0) is 57.8 Å². The zero-order valence-corrected chi connectivity index (χ0v) is 38.3. The van der Waals surface area contributed by atoms with Crippen LogP contribution >= 0.6 is 0 Å². The predicted octanol–water partition coefficient (Wildman–Crippen LogP) is 5.49. The van der Waals surface area contributed by atoms with Crippen molar-refractivity contribution in [2.24, 2.45) is 0 Å². The molecule has 14 nitrogen and oxygen atoms in total. The summed E-state index contributed by atoms with van der Waals surface area (Å²) in [6.45, 7) is 2.62. The molecule has 0 aromatic carbocycles. The van der Waals surface area contributed by atoms with Crippen LogP contribution in [0.5, 0.6) is 0 Å². The summed E-state index contributed by atoms with van der Waals surface area (Å²) in [4.78, 5) is 13.1. The number of rotatable bonds is 35. The Balaban J connectivity index is 1.74. The molecular weight excluding hydrogens is 811 g/mol. The second-order valence-electron chi connectivity index (χ2n) is 16.9. The number of amides is 1. The minimum atomic E-state index is -1.78. The van der Waals surface area contributed by atoms with Crippen molar-refractivity contribution in [3.63, 3.8) is 0 Å². The fraction of sp³-hybridized carbons (Fsp3) is 0.776. The van der Waals surface area contributed by atoms with Gasteiger partial charge >= 0.3 is 0 Å². The van der Waals surface area contributed by atoms with Crippen LogP contribution in [0.25, 0.3) is 0 Å². The maximum atomic E-state index is 13.1. The van der Waals surface area contributed by atoms with E-state index in [-0.39, 0.29) is 18.9 Å². The lowest BCUT2D eigenvalue weighted by molar-refractivity contribution is -0.359. The van der Waals surface area contributed by atoms with Gasteiger partial charge in [0.1, 0.15) is 48.8 Å². The summed E-state index contributed by atoms with van der Waals surface area (Å²) in [5.74, 6) is -0.228. The Hall–Kier alpha value is -2.31. The van der Waals surface area contributed by atoms with E-state index in [1.165, 1.54) is 6.42 Å². The minimum Gasteiger partial charge on any atom is -0.394 e. The third-order valence-electron chi connectivity index (χ3n) is 11.5. The molecule has 12 unspecified atom stereocenters. The summed E-state index contributed by atoms with van der Waals surface area (Å²) in [5.41, 5.74) is 0. The van der Waals surface area contributed by atoms with Gasteiger partial charge in [-0.15, -0.1) is 0 Å². The molecular formula is C49H85NO13. The van der Waals surface area contributed by atoms with E-state index in [1.54, 1.807) is 0 Å². The van der Waals surface area contributed by atoms with Crippen molar-refractivity contribution in [3.05, 3.63) is 60.8 Å². The van der Waals surface area contributed by atoms with Crippen molar-refractivity contribution in [3.8, 4) is 0 Å². The molecule has 2 saturated heterocycles. The van der Waals surface area contributed by atoms with Crippen molar-refractivity contribution in [2.45, 2.75) is 222 Å². The second-order valence-corrected chi connectivity index (χ2v) is 16.9. The van der Waals surface area contributed by atoms with E-state index in [4.69, 9.17) is 18.9 Å². The second kappa shape index (κ2) is 35.9. The van der Waals surface area contributed by atoms with Crippen LogP contribution in [0.3, 0.4) is 0 Å². The Bertz CT molecular complexity index is 1290. The molecule has 364 valence electrons. The van der Waals surface area contributed by atoms with Crippen molar-refractivity contribution < 1.29 is 64.6 Å². The molecule has 0 aliphatic carbocycles. The standard InChI is InChI=1S/C49H85NO13/c1-3-5-7-9-11-12-13-14-15-16-17-18-19-20-21-22-23-24-25-26-27-29-31-33-41(54)50-37(38(53)32-30-28-10-8-6-4-2)36-60-48-46(59)44(57)47(40(35-52)62-48)63-49-45(58)43(56)42(55)39(34-51)61-49/h5,7,11-12,14-15,17-18,20-21,37-40,42-49,51-53,55-59H,3-4,6,8-10,13,16,19,22-36H2,1-2H3,(H,50,54)/b7-5-,12-11-,15-14-,18-17-,21-20-. The first-order valence-corrected chi connectivity index (χ1v) is 24.0. The maximum Gasteiger partial charge on any atom is 0.220 e. The zero-order chi connectivity index (χ0) is 46.1. The topological polar surface area (TPSA) is 228 Å². The van der Waals surface area contributed by atoms with Crippen molar-refractivity contribution >= 4 is 5.91 Å². The first-order chi connectivity index (χ1) is 30.6. The number of hydrogen-bond donors (Lipinski definition) is 9. The predicted molar refractivity (Wildman–Crippen MR) is 244 cm³/mol. The summed E-state index contributed by atoms with van der Waals surface area (Å²) >= 11 is 0. The van der Waals surface area contributed by atoms with E-state index in [0.29, 0.717) is 12.8 Å². The van der Waals surface area contributed by atoms with E-state index < -0.39 is 86.8 Å². The maximum absolute atomic E-state index is 13.1. The Morgan fingerprint density at radius 2 is 1.10 bits per heavy atom. The number of ether oxygens (including phenoxy) is 4. The van der Waals surface area contributed by atoms with E-state index in [1.807, 2.05) is 0 Å². The van der Waals surface area contributed by atoms with Gasteiger partial charge in [0.2, 0.25) is 5.91 Å². The van der Waals surface area contributed by atoms with Crippen molar-refractivity contribution in [2.75, 3.05) is 19.8 Å². The van der Waals surface area contributed by atoms with Gasteiger partial charge in [0, 0.05) is 6.42 Å². The number of nitrogens with one attached hydrogen (secondary N) is 1. The van der Waals surface area contributed by atoms with Crippen LogP contribution in [-0.2, 0) is 23.7 Å². The summed E-state index contributed by atoms with van der Waals surface area (Å²) in [6.07, 6.45) is 25.5. The molecule has 2 heterocycles. The zero-order valence-electron chi connectivity index (χ0n) is 38.3. The summed E-state index contributed by atoms with van der Waals surface area (Å²) in [6, 6.07) is -0.834. The van der Waals surface area contributed by atoms with Crippen LogP contribution in [0.1, 0.15) is 149 Å². The lowest BCUT2D eigenvalue weighted by atomic mass is 9.97. The first kappa shape index (κ1) is 56.8. The fourth-order valence-electron chi connectivity index (χ4n) is 7.55. The molecule has 12 atom stereocenters. The Morgan fingerprint density at radius 3 is 1.68 bits per heavy atom. The quantitative estimate of drug-likeness (QED) is 0.0284. The van der Waals surface area contributed by atoms with E-state index in [2.05, 4.69) is 79.9 Å². The fourth-order valence-corrected chi connectivity index (χ4v) is 7.55. The normalized spacial score (nSPS) is 28.0. The van der Waals surface area contributed by atoms with E-state index >= 15 is 0 Å². The van der Waals surface area contributed by atoms with Gasteiger partial charge in [-0.1, -0.05) is 145 Å².